The maximum Gasteiger partial charge on any atom is 0.169 e. The zero-order valence-electron chi connectivity index (χ0n) is 8.13. The summed E-state index contributed by atoms with van der Waals surface area (Å²) in [6.45, 7) is 0.680. The Balaban J connectivity index is 1.91. The van der Waals surface area contributed by atoms with Crippen molar-refractivity contribution >= 4 is 17.2 Å². The number of hydrogen-bond donors (Lipinski definition) is 1. The Morgan fingerprint density at radius 3 is 3.07 bits per heavy atom. The molecule has 0 amide bonds. The molecule has 1 aliphatic rings. The fourth-order valence-electron chi connectivity index (χ4n) is 1.70. The molecule has 1 saturated carbocycles. The van der Waals surface area contributed by atoms with E-state index in [9.17, 15) is 0 Å². The van der Waals surface area contributed by atoms with E-state index in [0.29, 0.717) is 18.3 Å². The Kier molecular flexibility index (Phi) is 1.95. The summed E-state index contributed by atoms with van der Waals surface area (Å²) in [6.07, 6.45) is 2.41. The highest BCUT2D eigenvalue weighted by atomic mass is 32.1. The van der Waals surface area contributed by atoms with Crippen LogP contribution >= 0.6 is 11.3 Å². The van der Waals surface area contributed by atoms with Crippen LogP contribution in [0.4, 0.5) is 5.82 Å². The Bertz CT molecular complexity index is 457. The van der Waals surface area contributed by atoms with Crippen LogP contribution in [0.5, 0.6) is 0 Å². The first-order chi connectivity index (χ1) is 7.34. The van der Waals surface area contributed by atoms with E-state index >= 15 is 0 Å². The molecule has 78 valence electrons. The summed E-state index contributed by atoms with van der Waals surface area (Å²) in [6, 6.07) is 0. The quantitative estimate of drug-likeness (QED) is 0.846. The number of nitrogen functional groups attached to an aromatic ring is 1. The van der Waals surface area contributed by atoms with Gasteiger partial charge in [-0.15, -0.1) is 16.4 Å². The van der Waals surface area contributed by atoms with Crippen LogP contribution in [0.15, 0.2) is 10.9 Å². The molecule has 6 heteroatoms. The average molecular weight is 221 g/mol. The van der Waals surface area contributed by atoms with E-state index in [-0.39, 0.29) is 0 Å². The van der Waals surface area contributed by atoms with Crippen molar-refractivity contribution in [1.29, 1.82) is 0 Å². The second-order valence-electron chi connectivity index (χ2n) is 3.77. The van der Waals surface area contributed by atoms with Gasteiger partial charge in [0.05, 0.1) is 23.4 Å². The molecule has 0 spiro atoms. The topological polar surface area (TPSA) is 69.6 Å². The van der Waals surface area contributed by atoms with Gasteiger partial charge < -0.3 is 5.73 Å². The molecule has 1 aliphatic carbocycles. The lowest BCUT2D eigenvalue weighted by atomic mass is 10.3. The van der Waals surface area contributed by atoms with Crippen molar-refractivity contribution in [3.8, 4) is 0 Å². The van der Waals surface area contributed by atoms with Gasteiger partial charge in [0.2, 0.25) is 0 Å². The van der Waals surface area contributed by atoms with Crippen LogP contribution in [0.3, 0.4) is 0 Å². The van der Waals surface area contributed by atoms with Gasteiger partial charge >= 0.3 is 0 Å². The van der Waals surface area contributed by atoms with Crippen molar-refractivity contribution in [2.75, 3.05) is 5.73 Å². The fourth-order valence-corrected chi connectivity index (χ4v) is 2.25. The molecular formula is C9H11N5S. The number of thiazole rings is 1. The minimum absolute atomic E-state index is 0.568. The molecule has 0 aromatic carbocycles. The summed E-state index contributed by atoms with van der Waals surface area (Å²) in [7, 11) is 0. The van der Waals surface area contributed by atoms with Crippen molar-refractivity contribution in [3.05, 3.63) is 22.3 Å². The molecule has 1 fully saturated rings. The van der Waals surface area contributed by atoms with Crippen molar-refractivity contribution in [1.82, 2.24) is 20.0 Å². The van der Waals surface area contributed by atoms with Crippen LogP contribution in [0.1, 0.15) is 30.1 Å². The van der Waals surface area contributed by atoms with Gasteiger partial charge in [-0.3, -0.25) is 0 Å². The third-order valence-corrected chi connectivity index (χ3v) is 3.20. The summed E-state index contributed by atoms with van der Waals surface area (Å²) in [4.78, 5) is 4.23. The summed E-state index contributed by atoms with van der Waals surface area (Å²) in [5, 5.41) is 10.0. The highest BCUT2D eigenvalue weighted by Gasteiger charge is 2.30. The molecule has 0 atom stereocenters. The standard InChI is InChI=1S/C9H11N5S/c10-9-8(6-1-2-6)14(13-12-9)3-7-4-15-5-11-7/h4-6H,1-3,10H2. The predicted octanol–water partition coefficient (Wildman–Crippen LogP) is 1.24. The number of hydrogen-bond acceptors (Lipinski definition) is 5. The molecular weight excluding hydrogens is 210 g/mol. The molecule has 0 aliphatic heterocycles. The summed E-state index contributed by atoms with van der Waals surface area (Å²) >= 11 is 1.59. The Morgan fingerprint density at radius 1 is 1.53 bits per heavy atom. The van der Waals surface area contributed by atoms with Crippen molar-refractivity contribution in [3.63, 3.8) is 0 Å². The van der Waals surface area contributed by atoms with Crippen molar-refractivity contribution < 1.29 is 0 Å². The molecule has 0 unspecified atom stereocenters. The zero-order valence-corrected chi connectivity index (χ0v) is 8.94. The van der Waals surface area contributed by atoms with E-state index in [1.54, 1.807) is 11.3 Å². The number of anilines is 1. The first-order valence-electron chi connectivity index (χ1n) is 4.90. The van der Waals surface area contributed by atoms with E-state index in [4.69, 9.17) is 5.73 Å². The van der Waals surface area contributed by atoms with Crippen LogP contribution in [0.25, 0.3) is 0 Å². The predicted molar refractivity (Wildman–Crippen MR) is 57.6 cm³/mol. The molecule has 2 heterocycles. The third kappa shape index (κ3) is 1.61. The fraction of sp³-hybridized carbons (Fsp3) is 0.444. The summed E-state index contributed by atoms with van der Waals surface area (Å²) in [5.74, 6) is 1.14. The van der Waals surface area contributed by atoms with E-state index in [1.807, 2.05) is 15.6 Å². The summed E-state index contributed by atoms with van der Waals surface area (Å²) < 4.78 is 1.88. The maximum atomic E-state index is 5.80. The van der Waals surface area contributed by atoms with Gasteiger partial charge in [-0.2, -0.15) is 0 Å². The Labute approximate surface area is 90.9 Å². The minimum atomic E-state index is 0.568. The molecule has 0 bridgehead atoms. The lowest BCUT2D eigenvalue weighted by molar-refractivity contribution is 0.612. The smallest absolute Gasteiger partial charge is 0.169 e. The zero-order chi connectivity index (χ0) is 10.3. The second-order valence-corrected chi connectivity index (χ2v) is 4.49. The number of rotatable bonds is 3. The average Bonchev–Trinajstić information content (AvgIpc) is 2.80. The lowest BCUT2D eigenvalue weighted by Crippen LogP contribution is -2.06. The van der Waals surface area contributed by atoms with E-state index in [1.165, 1.54) is 12.8 Å². The molecule has 3 rings (SSSR count). The molecule has 0 saturated heterocycles. The molecule has 2 aromatic rings. The van der Waals surface area contributed by atoms with E-state index in [0.717, 1.165) is 11.4 Å². The van der Waals surface area contributed by atoms with Gasteiger partial charge in [-0.1, -0.05) is 5.21 Å². The van der Waals surface area contributed by atoms with Crippen LogP contribution in [-0.2, 0) is 6.54 Å². The van der Waals surface area contributed by atoms with Gasteiger partial charge in [-0.05, 0) is 12.8 Å². The molecule has 2 N–H and O–H groups in total. The lowest BCUT2D eigenvalue weighted by Gasteiger charge is -2.02. The van der Waals surface area contributed by atoms with Crippen LogP contribution in [0, 0.1) is 0 Å². The van der Waals surface area contributed by atoms with Gasteiger partial charge in [0.1, 0.15) is 0 Å². The highest BCUT2D eigenvalue weighted by Crippen LogP contribution is 2.41. The van der Waals surface area contributed by atoms with E-state index < -0.39 is 0 Å². The number of nitrogens with zero attached hydrogens (tertiary/aromatic N) is 4. The summed E-state index contributed by atoms with van der Waals surface area (Å²) in [5.41, 5.74) is 9.73. The minimum Gasteiger partial charge on any atom is -0.381 e. The second kappa shape index (κ2) is 3.30. The van der Waals surface area contributed by atoms with Crippen LogP contribution in [-0.4, -0.2) is 20.0 Å². The van der Waals surface area contributed by atoms with Crippen molar-refractivity contribution in [2.24, 2.45) is 0 Å². The van der Waals surface area contributed by atoms with Gasteiger partial charge in [-0.25, -0.2) is 9.67 Å². The number of aromatic nitrogens is 4. The van der Waals surface area contributed by atoms with E-state index in [2.05, 4.69) is 15.3 Å². The van der Waals surface area contributed by atoms with Crippen LogP contribution < -0.4 is 5.73 Å². The first kappa shape index (κ1) is 8.84. The molecule has 15 heavy (non-hydrogen) atoms. The monoisotopic (exact) mass is 221 g/mol. The maximum absolute atomic E-state index is 5.80. The third-order valence-electron chi connectivity index (χ3n) is 2.56. The van der Waals surface area contributed by atoms with Gasteiger partial charge in [0.15, 0.2) is 5.82 Å². The number of nitrogens with two attached hydrogens (primary N) is 1. The Hall–Kier alpha value is -1.43. The SMILES string of the molecule is Nc1nnn(Cc2cscn2)c1C1CC1. The molecule has 2 aromatic heterocycles. The normalized spacial score (nSPS) is 15.7. The van der Waals surface area contributed by atoms with Crippen LogP contribution in [0.2, 0.25) is 0 Å². The molecule has 0 radical (unpaired) electrons. The Morgan fingerprint density at radius 2 is 2.40 bits per heavy atom. The highest BCUT2D eigenvalue weighted by molar-refractivity contribution is 7.07. The first-order valence-corrected chi connectivity index (χ1v) is 5.85. The largest absolute Gasteiger partial charge is 0.381 e. The molecule has 5 nitrogen and oxygen atoms in total. The van der Waals surface area contributed by atoms with Gasteiger partial charge in [0.25, 0.3) is 0 Å². The van der Waals surface area contributed by atoms with Gasteiger partial charge in [0, 0.05) is 11.3 Å². The van der Waals surface area contributed by atoms with Crippen molar-refractivity contribution in [2.45, 2.75) is 25.3 Å².